The Morgan fingerprint density at radius 3 is 2.82 bits per heavy atom. The standard InChI is InChI=1S/C15H24N2/c1-2-3-4-7-13-12-14-8-5-10-16(14)15-9-6-11-17(13)15/h13-15H,2-3,5-6,8-12H2,1H3/t13?,14-,15-/m1/s1. The molecule has 94 valence electrons. The van der Waals surface area contributed by atoms with Crippen molar-refractivity contribution < 1.29 is 0 Å². The molecule has 0 aliphatic carbocycles. The fourth-order valence-corrected chi connectivity index (χ4v) is 3.84. The van der Waals surface area contributed by atoms with E-state index >= 15 is 0 Å². The number of hydrogen-bond acceptors (Lipinski definition) is 2. The van der Waals surface area contributed by atoms with Gasteiger partial charge in [0.25, 0.3) is 0 Å². The van der Waals surface area contributed by atoms with E-state index in [0.29, 0.717) is 6.04 Å². The Hall–Kier alpha value is -0.520. The number of hydrogen-bond donors (Lipinski definition) is 0. The van der Waals surface area contributed by atoms with Crippen LogP contribution in [0.25, 0.3) is 0 Å². The molecule has 0 aromatic carbocycles. The Labute approximate surface area is 105 Å². The van der Waals surface area contributed by atoms with Gasteiger partial charge in [-0.3, -0.25) is 9.80 Å². The van der Waals surface area contributed by atoms with Gasteiger partial charge in [-0.1, -0.05) is 12.8 Å². The molecule has 2 heteroatoms. The lowest BCUT2D eigenvalue weighted by atomic mass is 9.99. The van der Waals surface area contributed by atoms with Crippen LogP contribution in [-0.2, 0) is 0 Å². The van der Waals surface area contributed by atoms with E-state index in [1.807, 2.05) is 0 Å². The number of nitrogens with zero attached hydrogens (tertiary/aromatic N) is 2. The average molecular weight is 232 g/mol. The van der Waals surface area contributed by atoms with E-state index in [0.717, 1.165) is 18.6 Å². The third-order valence-electron chi connectivity index (χ3n) is 4.61. The largest absolute Gasteiger partial charge is 0.285 e. The Bertz CT molecular complexity index is 328. The Morgan fingerprint density at radius 2 is 1.94 bits per heavy atom. The summed E-state index contributed by atoms with van der Waals surface area (Å²) in [6.45, 7) is 4.83. The molecule has 17 heavy (non-hydrogen) atoms. The summed E-state index contributed by atoms with van der Waals surface area (Å²) in [5.74, 6) is 6.94. The van der Waals surface area contributed by atoms with Gasteiger partial charge in [-0.05, 0) is 45.1 Å². The molecule has 3 fully saturated rings. The van der Waals surface area contributed by atoms with Gasteiger partial charge in [-0.15, -0.1) is 5.92 Å². The van der Waals surface area contributed by atoms with Crippen LogP contribution in [0.1, 0.15) is 51.9 Å². The zero-order valence-electron chi connectivity index (χ0n) is 11.0. The maximum absolute atomic E-state index is 3.56. The lowest BCUT2D eigenvalue weighted by Crippen LogP contribution is -2.56. The molecule has 0 aromatic rings. The van der Waals surface area contributed by atoms with Crippen LogP contribution in [0.5, 0.6) is 0 Å². The first kappa shape index (κ1) is 11.6. The van der Waals surface area contributed by atoms with Crippen molar-refractivity contribution in [1.29, 1.82) is 0 Å². The van der Waals surface area contributed by atoms with Crippen molar-refractivity contribution in [3.05, 3.63) is 0 Å². The zero-order chi connectivity index (χ0) is 11.7. The van der Waals surface area contributed by atoms with Crippen molar-refractivity contribution in [2.24, 2.45) is 0 Å². The van der Waals surface area contributed by atoms with Crippen LogP contribution in [0.15, 0.2) is 0 Å². The molecule has 0 spiro atoms. The number of fused-ring (bicyclic) bond motifs is 3. The van der Waals surface area contributed by atoms with Gasteiger partial charge in [0.1, 0.15) is 0 Å². The normalized spacial score (nSPS) is 37.4. The third-order valence-corrected chi connectivity index (χ3v) is 4.61. The van der Waals surface area contributed by atoms with Crippen molar-refractivity contribution in [2.45, 2.75) is 70.1 Å². The van der Waals surface area contributed by atoms with E-state index in [1.54, 1.807) is 0 Å². The van der Waals surface area contributed by atoms with E-state index in [1.165, 1.54) is 51.6 Å². The van der Waals surface area contributed by atoms with Crippen molar-refractivity contribution in [2.75, 3.05) is 13.1 Å². The minimum atomic E-state index is 0.563. The highest BCUT2D eigenvalue weighted by molar-refractivity contribution is 5.13. The lowest BCUT2D eigenvalue weighted by Gasteiger charge is -2.45. The second-order valence-corrected chi connectivity index (χ2v) is 5.72. The molecule has 2 nitrogen and oxygen atoms in total. The topological polar surface area (TPSA) is 6.48 Å². The molecule has 0 amide bonds. The van der Waals surface area contributed by atoms with Gasteiger partial charge < -0.3 is 0 Å². The molecule has 3 rings (SSSR count). The molecule has 3 saturated heterocycles. The highest BCUT2D eigenvalue weighted by Crippen LogP contribution is 2.37. The molecular formula is C15H24N2. The predicted octanol–water partition coefficient (Wildman–Crippen LogP) is 2.45. The van der Waals surface area contributed by atoms with E-state index in [9.17, 15) is 0 Å². The first-order chi connectivity index (χ1) is 8.40. The molecule has 0 saturated carbocycles. The minimum absolute atomic E-state index is 0.563. The quantitative estimate of drug-likeness (QED) is 0.641. The van der Waals surface area contributed by atoms with Gasteiger partial charge in [0, 0.05) is 19.0 Å². The summed E-state index contributed by atoms with van der Waals surface area (Å²) in [4.78, 5) is 5.45. The van der Waals surface area contributed by atoms with Gasteiger partial charge in [-0.25, -0.2) is 0 Å². The highest BCUT2D eigenvalue weighted by Gasteiger charge is 2.44. The molecule has 3 heterocycles. The zero-order valence-corrected chi connectivity index (χ0v) is 11.0. The molecule has 0 N–H and O–H groups in total. The van der Waals surface area contributed by atoms with Gasteiger partial charge in [0.05, 0.1) is 12.2 Å². The van der Waals surface area contributed by atoms with E-state index in [2.05, 4.69) is 28.6 Å². The summed E-state index contributed by atoms with van der Waals surface area (Å²) >= 11 is 0. The lowest BCUT2D eigenvalue weighted by molar-refractivity contribution is -0.00421. The third kappa shape index (κ3) is 2.11. The summed E-state index contributed by atoms with van der Waals surface area (Å²) in [5, 5.41) is 0. The summed E-state index contributed by atoms with van der Waals surface area (Å²) in [6.07, 6.45) is 9.87. The summed E-state index contributed by atoms with van der Waals surface area (Å²) in [6, 6.07) is 1.41. The Balaban J connectivity index is 1.74. The predicted molar refractivity (Wildman–Crippen MR) is 70.5 cm³/mol. The molecule has 3 atom stereocenters. The maximum Gasteiger partial charge on any atom is 0.0741 e. The van der Waals surface area contributed by atoms with E-state index in [4.69, 9.17) is 0 Å². The Kier molecular flexibility index (Phi) is 3.40. The van der Waals surface area contributed by atoms with Crippen LogP contribution in [-0.4, -0.2) is 41.1 Å². The van der Waals surface area contributed by atoms with Crippen LogP contribution in [0.2, 0.25) is 0 Å². The molecule has 0 bridgehead atoms. The van der Waals surface area contributed by atoms with E-state index < -0.39 is 0 Å². The molecule has 3 aliphatic rings. The average Bonchev–Trinajstić information content (AvgIpc) is 2.96. The van der Waals surface area contributed by atoms with Crippen molar-refractivity contribution in [3.8, 4) is 11.8 Å². The Morgan fingerprint density at radius 1 is 1.12 bits per heavy atom. The van der Waals surface area contributed by atoms with Crippen LogP contribution in [0, 0.1) is 11.8 Å². The number of unbranched alkanes of at least 4 members (excludes halogenated alkanes) is 1. The summed E-state index contributed by atoms with van der Waals surface area (Å²) in [5.41, 5.74) is 0. The van der Waals surface area contributed by atoms with Crippen LogP contribution in [0.4, 0.5) is 0 Å². The maximum atomic E-state index is 3.56. The van der Waals surface area contributed by atoms with Crippen molar-refractivity contribution in [1.82, 2.24) is 9.80 Å². The van der Waals surface area contributed by atoms with Gasteiger partial charge >= 0.3 is 0 Å². The molecule has 0 radical (unpaired) electrons. The van der Waals surface area contributed by atoms with Crippen LogP contribution < -0.4 is 0 Å². The molecule has 1 unspecified atom stereocenters. The SMILES string of the molecule is CCCC#CC1C[C@H]2CCCN2[C@H]2CCCN12. The van der Waals surface area contributed by atoms with Crippen molar-refractivity contribution >= 4 is 0 Å². The monoisotopic (exact) mass is 232 g/mol. The molecule has 0 aromatic heterocycles. The fraction of sp³-hybridized carbons (Fsp3) is 0.867. The molecule has 3 aliphatic heterocycles. The van der Waals surface area contributed by atoms with Crippen LogP contribution >= 0.6 is 0 Å². The summed E-state index contributed by atoms with van der Waals surface area (Å²) in [7, 11) is 0. The van der Waals surface area contributed by atoms with Gasteiger partial charge in [-0.2, -0.15) is 0 Å². The first-order valence-electron chi connectivity index (χ1n) is 7.40. The first-order valence-corrected chi connectivity index (χ1v) is 7.40. The second kappa shape index (κ2) is 5.00. The van der Waals surface area contributed by atoms with Gasteiger partial charge in [0.2, 0.25) is 0 Å². The second-order valence-electron chi connectivity index (χ2n) is 5.72. The minimum Gasteiger partial charge on any atom is -0.285 e. The summed E-state index contributed by atoms with van der Waals surface area (Å²) < 4.78 is 0. The van der Waals surface area contributed by atoms with E-state index in [-0.39, 0.29) is 0 Å². The smallest absolute Gasteiger partial charge is 0.0741 e. The van der Waals surface area contributed by atoms with Crippen molar-refractivity contribution in [3.63, 3.8) is 0 Å². The number of rotatable bonds is 1. The highest BCUT2D eigenvalue weighted by atomic mass is 15.4. The van der Waals surface area contributed by atoms with Crippen LogP contribution in [0.3, 0.4) is 0 Å². The molecular weight excluding hydrogens is 208 g/mol. The fourth-order valence-electron chi connectivity index (χ4n) is 3.84. The van der Waals surface area contributed by atoms with Gasteiger partial charge in [0.15, 0.2) is 0 Å².